The zero-order valence-corrected chi connectivity index (χ0v) is 15.9. The van der Waals surface area contributed by atoms with Gasteiger partial charge in [-0.2, -0.15) is 0 Å². The van der Waals surface area contributed by atoms with Gasteiger partial charge in [-0.3, -0.25) is 9.69 Å². The highest BCUT2D eigenvalue weighted by Gasteiger charge is 2.20. The second kappa shape index (κ2) is 8.97. The van der Waals surface area contributed by atoms with Crippen molar-refractivity contribution in [2.45, 2.75) is 13.5 Å². The first kappa shape index (κ1) is 18.6. The molecule has 1 aliphatic heterocycles. The number of amides is 1. The van der Waals surface area contributed by atoms with Crippen molar-refractivity contribution in [3.8, 4) is 0 Å². The molecule has 1 fully saturated rings. The third-order valence-corrected chi connectivity index (χ3v) is 5.16. The highest BCUT2D eigenvalue weighted by molar-refractivity contribution is 5.95. The molecule has 4 heteroatoms. The fourth-order valence-corrected chi connectivity index (χ4v) is 3.37. The molecule has 138 valence electrons. The zero-order chi connectivity index (χ0) is 18.4. The van der Waals surface area contributed by atoms with Gasteiger partial charge in [-0.1, -0.05) is 48.5 Å². The van der Waals surface area contributed by atoms with Gasteiger partial charge in [-0.15, -0.1) is 0 Å². The van der Waals surface area contributed by atoms with Gasteiger partial charge in [0, 0.05) is 51.4 Å². The highest BCUT2D eigenvalue weighted by atomic mass is 16.2. The summed E-state index contributed by atoms with van der Waals surface area (Å²) in [4.78, 5) is 20.0. The Morgan fingerprint density at radius 1 is 0.962 bits per heavy atom. The van der Waals surface area contributed by atoms with Crippen LogP contribution in [0.2, 0.25) is 0 Å². The van der Waals surface area contributed by atoms with Crippen LogP contribution in [0.25, 0.3) is 0 Å². The zero-order valence-electron chi connectivity index (χ0n) is 15.9. The Bertz CT molecular complexity index is 708. The molecule has 0 spiro atoms. The number of nitrogens with zero attached hydrogens (tertiary/aromatic N) is 3. The van der Waals surface area contributed by atoms with Crippen LogP contribution in [0.1, 0.15) is 21.5 Å². The first-order valence-corrected chi connectivity index (χ1v) is 9.43. The van der Waals surface area contributed by atoms with Gasteiger partial charge in [0.2, 0.25) is 0 Å². The van der Waals surface area contributed by atoms with Crippen LogP contribution >= 0.6 is 0 Å². The van der Waals surface area contributed by atoms with E-state index in [1.54, 1.807) is 0 Å². The standard InChI is InChI=1S/C22H29N3O/c1-19-8-6-7-11-21(19)22(26)25(18-20-9-4-3-5-10-20)17-16-24-14-12-23(2)13-15-24/h3-11H,12-18H2,1-2H3. The highest BCUT2D eigenvalue weighted by Crippen LogP contribution is 2.14. The molecule has 26 heavy (non-hydrogen) atoms. The SMILES string of the molecule is Cc1ccccc1C(=O)N(CCN1CCN(C)CC1)Cc1ccccc1. The topological polar surface area (TPSA) is 26.8 Å². The molecule has 0 aliphatic carbocycles. The van der Waals surface area contributed by atoms with Crippen LogP contribution in [0.15, 0.2) is 54.6 Å². The van der Waals surface area contributed by atoms with Crippen molar-refractivity contribution in [1.82, 2.24) is 14.7 Å². The van der Waals surface area contributed by atoms with Gasteiger partial charge >= 0.3 is 0 Å². The lowest BCUT2D eigenvalue weighted by Crippen LogP contribution is -2.47. The maximum atomic E-state index is 13.2. The van der Waals surface area contributed by atoms with E-state index in [0.29, 0.717) is 6.54 Å². The molecule has 0 atom stereocenters. The number of benzene rings is 2. The van der Waals surface area contributed by atoms with Crippen molar-refractivity contribution < 1.29 is 4.79 Å². The molecule has 0 unspecified atom stereocenters. The fraction of sp³-hybridized carbons (Fsp3) is 0.409. The molecule has 2 aromatic carbocycles. The van der Waals surface area contributed by atoms with Crippen molar-refractivity contribution >= 4 is 5.91 Å². The van der Waals surface area contributed by atoms with Gasteiger partial charge in [0.1, 0.15) is 0 Å². The molecule has 3 rings (SSSR count). The smallest absolute Gasteiger partial charge is 0.254 e. The fourth-order valence-electron chi connectivity index (χ4n) is 3.37. The number of carbonyl (C=O) groups excluding carboxylic acids is 1. The molecule has 0 aromatic heterocycles. The monoisotopic (exact) mass is 351 g/mol. The summed E-state index contributed by atoms with van der Waals surface area (Å²) >= 11 is 0. The third-order valence-electron chi connectivity index (χ3n) is 5.16. The Morgan fingerprint density at radius 3 is 2.31 bits per heavy atom. The molecule has 4 nitrogen and oxygen atoms in total. The molecule has 1 saturated heterocycles. The minimum absolute atomic E-state index is 0.126. The Morgan fingerprint density at radius 2 is 1.62 bits per heavy atom. The van der Waals surface area contributed by atoms with E-state index in [9.17, 15) is 4.79 Å². The lowest BCUT2D eigenvalue weighted by molar-refractivity contribution is 0.0700. The van der Waals surface area contributed by atoms with Gasteiger partial charge in [0.25, 0.3) is 5.91 Å². The molecule has 1 amide bonds. The van der Waals surface area contributed by atoms with Gasteiger partial charge in [-0.25, -0.2) is 0 Å². The summed E-state index contributed by atoms with van der Waals surface area (Å²) in [7, 11) is 2.17. The van der Waals surface area contributed by atoms with E-state index >= 15 is 0 Å². The summed E-state index contributed by atoms with van der Waals surface area (Å²) in [6.07, 6.45) is 0. The number of carbonyl (C=O) groups is 1. The predicted octanol–water partition coefficient (Wildman–Crippen LogP) is 2.88. The van der Waals surface area contributed by atoms with Gasteiger partial charge in [-0.05, 0) is 31.2 Å². The van der Waals surface area contributed by atoms with E-state index in [4.69, 9.17) is 0 Å². The number of rotatable bonds is 6. The lowest BCUT2D eigenvalue weighted by Gasteiger charge is -2.34. The molecular formula is C22H29N3O. The second-order valence-electron chi connectivity index (χ2n) is 7.17. The Hall–Kier alpha value is -2.17. The molecule has 1 heterocycles. The van der Waals surface area contributed by atoms with Crippen LogP contribution in [0, 0.1) is 6.92 Å². The van der Waals surface area contributed by atoms with Crippen molar-refractivity contribution in [2.24, 2.45) is 0 Å². The number of hydrogen-bond donors (Lipinski definition) is 0. The van der Waals surface area contributed by atoms with E-state index in [0.717, 1.165) is 50.4 Å². The number of aryl methyl sites for hydroxylation is 1. The second-order valence-corrected chi connectivity index (χ2v) is 7.17. The van der Waals surface area contributed by atoms with Crippen LogP contribution in [-0.4, -0.2) is 66.9 Å². The van der Waals surface area contributed by atoms with Gasteiger partial charge in [0.15, 0.2) is 0 Å². The molecule has 0 bridgehead atoms. The predicted molar refractivity (Wildman–Crippen MR) is 106 cm³/mol. The molecular weight excluding hydrogens is 322 g/mol. The molecule has 0 N–H and O–H groups in total. The van der Waals surface area contributed by atoms with Crippen molar-refractivity contribution in [3.05, 3.63) is 71.3 Å². The Balaban J connectivity index is 1.71. The van der Waals surface area contributed by atoms with Crippen molar-refractivity contribution in [2.75, 3.05) is 46.3 Å². The number of hydrogen-bond acceptors (Lipinski definition) is 3. The van der Waals surface area contributed by atoms with Crippen LogP contribution < -0.4 is 0 Å². The van der Waals surface area contributed by atoms with E-state index in [1.165, 1.54) is 5.56 Å². The van der Waals surface area contributed by atoms with Gasteiger partial charge < -0.3 is 9.80 Å². The minimum atomic E-state index is 0.126. The largest absolute Gasteiger partial charge is 0.333 e. The van der Waals surface area contributed by atoms with Gasteiger partial charge in [0.05, 0.1) is 0 Å². The maximum Gasteiger partial charge on any atom is 0.254 e. The first-order valence-electron chi connectivity index (χ1n) is 9.43. The van der Waals surface area contributed by atoms with E-state index < -0.39 is 0 Å². The van der Waals surface area contributed by atoms with E-state index in [1.807, 2.05) is 54.3 Å². The Labute approximate surface area is 157 Å². The number of piperazine rings is 1. The van der Waals surface area contributed by atoms with Crippen molar-refractivity contribution in [1.29, 1.82) is 0 Å². The van der Waals surface area contributed by atoms with Crippen LogP contribution in [-0.2, 0) is 6.54 Å². The normalized spacial score (nSPS) is 15.8. The average molecular weight is 351 g/mol. The van der Waals surface area contributed by atoms with Crippen LogP contribution in [0.4, 0.5) is 0 Å². The van der Waals surface area contributed by atoms with E-state index in [2.05, 4.69) is 29.0 Å². The first-order chi connectivity index (χ1) is 12.6. The summed E-state index contributed by atoms with van der Waals surface area (Å²) in [5.41, 5.74) is 3.02. The average Bonchev–Trinajstić information content (AvgIpc) is 2.67. The molecule has 2 aromatic rings. The lowest BCUT2D eigenvalue weighted by atomic mass is 10.1. The molecule has 1 aliphatic rings. The van der Waals surface area contributed by atoms with Crippen LogP contribution in [0.3, 0.4) is 0 Å². The Kier molecular flexibility index (Phi) is 6.42. The summed E-state index contributed by atoms with van der Waals surface area (Å²) in [6, 6.07) is 18.1. The summed E-state index contributed by atoms with van der Waals surface area (Å²) < 4.78 is 0. The minimum Gasteiger partial charge on any atom is -0.333 e. The third kappa shape index (κ3) is 4.93. The van der Waals surface area contributed by atoms with Crippen molar-refractivity contribution in [3.63, 3.8) is 0 Å². The molecule has 0 saturated carbocycles. The quantitative estimate of drug-likeness (QED) is 0.801. The maximum absolute atomic E-state index is 13.2. The van der Waals surface area contributed by atoms with Crippen LogP contribution in [0.5, 0.6) is 0 Å². The number of likely N-dealkylation sites (N-methyl/N-ethyl adjacent to an activating group) is 1. The summed E-state index contributed by atoms with van der Waals surface area (Å²) in [5, 5.41) is 0. The van der Waals surface area contributed by atoms with E-state index in [-0.39, 0.29) is 5.91 Å². The molecule has 0 radical (unpaired) electrons. The summed E-state index contributed by atoms with van der Waals surface area (Å²) in [6.45, 7) is 8.71. The summed E-state index contributed by atoms with van der Waals surface area (Å²) in [5.74, 6) is 0.126.